The van der Waals surface area contributed by atoms with Crippen LogP contribution in [0.4, 0.5) is 4.39 Å². The van der Waals surface area contributed by atoms with Crippen LogP contribution in [0.5, 0.6) is 0 Å². The van der Waals surface area contributed by atoms with Crippen molar-refractivity contribution in [1.29, 1.82) is 0 Å². The molecular weight excluding hydrogens is 375 g/mol. The third-order valence-electron chi connectivity index (χ3n) is 5.20. The summed E-state index contributed by atoms with van der Waals surface area (Å²) in [6.45, 7) is 0.428. The second-order valence-corrected chi connectivity index (χ2v) is 6.99. The predicted molar refractivity (Wildman–Crippen MR) is 104 cm³/mol. The van der Waals surface area contributed by atoms with Gasteiger partial charge in [0.25, 0.3) is 11.5 Å². The molecule has 0 aliphatic carbocycles. The Labute approximate surface area is 163 Å². The summed E-state index contributed by atoms with van der Waals surface area (Å²) in [4.78, 5) is 46.7. The standard InChI is InChI=1S/C21H15FN4O3/c22-12-5-6-18-23-17-7-8-25(11-15(17)21(29)26(18)10-12)20(28)14-9-19(27)24-16-4-2-1-3-13(14)16/h1-6,9-10H,7-8,11H2,(H,24,27). The second-order valence-electron chi connectivity index (χ2n) is 6.99. The Balaban J connectivity index is 1.59. The molecule has 3 aromatic heterocycles. The molecule has 1 aliphatic rings. The first kappa shape index (κ1) is 17.3. The van der Waals surface area contributed by atoms with Crippen LogP contribution in [-0.4, -0.2) is 31.7 Å². The molecule has 5 rings (SSSR count). The van der Waals surface area contributed by atoms with E-state index < -0.39 is 11.4 Å². The van der Waals surface area contributed by atoms with Gasteiger partial charge in [0.1, 0.15) is 11.5 Å². The van der Waals surface area contributed by atoms with E-state index in [1.54, 1.807) is 24.3 Å². The summed E-state index contributed by atoms with van der Waals surface area (Å²) in [5.74, 6) is -0.873. The molecule has 0 saturated heterocycles. The lowest BCUT2D eigenvalue weighted by molar-refractivity contribution is 0.0734. The number of carbonyl (C=O) groups excluding carboxylic acids is 1. The van der Waals surface area contributed by atoms with Crippen LogP contribution in [-0.2, 0) is 13.0 Å². The van der Waals surface area contributed by atoms with E-state index >= 15 is 0 Å². The Morgan fingerprint density at radius 3 is 2.83 bits per heavy atom. The zero-order valence-electron chi connectivity index (χ0n) is 15.2. The van der Waals surface area contributed by atoms with Crippen LogP contribution in [0.2, 0.25) is 0 Å². The fourth-order valence-electron chi connectivity index (χ4n) is 3.80. The van der Waals surface area contributed by atoms with E-state index in [1.165, 1.54) is 23.1 Å². The van der Waals surface area contributed by atoms with Gasteiger partial charge in [0.2, 0.25) is 5.56 Å². The van der Waals surface area contributed by atoms with Gasteiger partial charge in [-0.25, -0.2) is 9.37 Å². The summed E-state index contributed by atoms with van der Waals surface area (Å²) in [6.07, 6.45) is 1.50. The van der Waals surface area contributed by atoms with Gasteiger partial charge in [-0.3, -0.25) is 18.8 Å². The number of amides is 1. The first-order chi connectivity index (χ1) is 14.0. The van der Waals surface area contributed by atoms with Crippen molar-refractivity contribution in [3.8, 4) is 0 Å². The number of fused-ring (bicyclic) bond motifs is 3. The number of nitrogens with zero attached hydrogens (tertiary/aromatic N) is 3. The number of hydrogen-bond acceptors (Lipinski definition) is 4. The van der Waals surface area contributed by atoms with Crippen LogP contribution in [0.1, 0.15) is 21.6 Å². The lowest BCUT2D eigenvalue weighted by atomic mass is 10.0. The highest BCUT2D eigenvalue weighted by molar-refractivity contribution is 6.06. The minimum absolute atomic E-state index is 0.0561. The SMILES string of the molecule is O=C(c1cc(=O)[nH]c2ccccc12)N1CCc2nc3ccc(F)cn3c(=O)c2C1. The van der Waals surface area contributed by atoms with Crippen molar-refractivity contribution < 1.29 is 9.18 Å². The molecule has 0 saturated carbocycles. The minimum Gasteiger partial charge on any atom is -0.334 e. The molecule has 0 bridgehead atoms. The molecule has 0 fully saturated rings. The van der Waals surface area contributed by atoms with Gasteiger partial charge in [-0.05, 0) is 18.2 Å². The van der Waals surface area contributed by atoms with Crippen molar-refractivity contribution in [2.75, 3.05) is 6.54 Å². The van der Waals surface area contributed by atoms with Crippen LogP contribution in [0, 0.1) is 5.82 Å². The van der Waals surface area contributed by atoms with Gasteiger partial charge in [0.15, 0.2) is 0 Å². The van der Waals surface area contributed by atoms with Gasteiger partial charge in [-0.15, -0.1) is 0 Å². The smallest absolute Gasteiger partial charge is 0.263 e. The zero-order chi connectivity index (χ0) is 20.1. The molecule has 29 heavy (non-hydrogen) atoms. The minimum atomic E-state index is -0.542. The molecule has 144 valence electrons. The van der Waals surface area contributed by atoms with Crippen molar-refractivity contribution in [1.82, 2.24) is 19.3 Å². The van der Waals surface area contributed by atoms with Crippen LogP contribution in [0.25, 0.3) is 16.6 Å². The number of H-pyrrole nitrogens is 1. The summed E-state index contributed by atoms with van der Waals surface area (Å²) >= 11 is 0. The number of aromatic amines is 1. The van der Waals surface area contributed by atoms with Crippen molar-refractivity contribution >= 4 is 22.5 Å². The third-order valence-corrected chi connectivity index (χ3v) is 5.20. The van der Waals surface area contributed by atoms with Crippen LogP contribution in [0.15, 0.2) is 58.3 Å². The van der Waals surface area contributed by atoms with Gasteiger partial charge in [0, 0.05) is 36.1 Å². The summed E-state index contributed by atoms with van der Waals surface area (Å²) in [7, 11) is 0. The second kappa shape index (κ2) is 6.37. The number of aromatic nitrogens is 3. The highest BCUT2D eigenvalue weighted by atomic mass is 19.1. The number of para-hydroxylation sites is 1. The number of rotatable bonds is 1. The summed E-state index contributed by atoms with van der Waals surface area (Å²) in [6, 6.07) is 11.1. The number of nitrogens with one attached hydrogen (secondary N) is 1. The highest BCUT2D eigenvalue weighted by Gasteiger charge is 2.27. The van der Waals surface area contributed by atoms with E-state index in [-0.39, 0.29) is 23.6 Å². The van der Waals surface area contributed by atoms with Gasteiger partial charge >= 0.3 is 0 Å². The Bertz CT molecular complexity index is 1420. The normalized spacial score (nSPS) is 13.6. The molecular formula is C21H15FN4O3. The topological polar surface area (TPSA) is 87.5 Å². The first-order valence-corrected chi connectivity index (χ1v) is 9.12. The fraction of sp³-hybridized carbons (Fsp3) is 0.143. The number of benzene rings is 1. The van der Waals surface area contributed by atoms with Crippen LogP contribution < -0.4 is 11.1 Å². The van der Waals surface area contributed by atoms with Gasteiger partial charge in [-0.1, -0.05) is 18.2 Å². The molecule has 8 heteroatoms. The number of carbonyl (C=O) groups is 1. The van der Waals surface area contributed by atoms with E-state index in [0.717, 1.165) is 10.6 Å². The Kier molecular flexibility index (Phi) is 3.80. The molecule has 7 nitrogen and oxygen atoms in total. The maximum absolute atomic E-state index is 13.6. The van der Waals surface area contributed by atoms with E-state index in [0.29, 0.717) is 40.8 Å². The molecule has 1 N–H and O–H groups in total. The van der Waals surface area contributed by atoms with Crippen LogP contribution >= 0.6 is 0 Å². The maximum atomic E-state index is 13.6. The van der Waals surface area contributed by atoms with Gasteiger partial charge < -0.3 is 9.88 Å². The lowest BCUT2D eigenvalue weighted by Crippen LogP contribution is -2.40. The van der Waals surface area contributed by atoms with E-state index in [1.807, 2.05) is 0 Å². The predicted octanol–water partition coefficient (Wildman–Crippen LogP) is 1.87. The zero-order valence-corrected chi connectivity index (χ0v) is 15.2. The van der Waals surface area contributed by atoms with E-state index in [9.17, 15) is 18.8 Å². The Morgan fingerprint density at radius 1 is 1.14 bits per heavy atom. The molecule has 1 aromatic carbocycles. The molecule has 0 unspecified atom stereocenters. The Morgan fingerprint density at radius 2 is 1.97 bits per heavy atom. The summed E-state index contributed by atoms with van der Waals surface area (Å²) in [5.41, 5.74) is 1.45. The fourth-order valence-corrected chi connectivity index (χ4v) is 3.80. The van der Waals surface area contributed by atoms with E-state index in [2.05, 4.69) is 9.97 Å². The largest absolute Gasteiger partial charge is 0.334 e. The van der Waals surface area contributed by atoms with Gasteiger partial charge in [0.05, 0.1) is 23.4 Å². The lowest BCUT2D eigenvalue weighted by Gasteiger charge is -2.28. The van der Waals surface area contributed by atoms with Crippen molar-refractivity contribution in [2.45, 2.75) is 13.0 Å². The Hall–Kier alpha value is -3.81. The molecule has 1 amide bonds. The van der Waals surface area contributed by atoms with Crippen molar-refractivity contribution in [2.24, 2.45) is 0 Å². The number of pyridine rings is 2. The van der Waals surface area contributed by atoms with E-state index in [4.69, 9.17) is 0 Å². The van der Waals surface area contributed by atoms with Gasteiger partial charge in [-0.2, -0.15) is 0 Å². The third kappa shape index (κ3) is 2.80. The molecule has 1 aliphatic heterocycles. The summed E-state index contributed by atoms with van der Waals surface area (Å²) < 4.78 is 14.7. The number of halogens is 1. The average molecular weight is 390 g/mol. The summed E-state index contributed by atoms with van der Waals surface area (Å²) in [5, 5.41) is 0.637. The molecule has 4 aromatic rings. The molecule has 0 radical (unpaired) electrons. The highest BCUT2D eigenvalue weighted by Crippen LogP contribution is 2.21. The first-order valence-electron chi connectivity index (χ1n) is 9.12. The molecule has 0 spiro atoms. The van der Waals surface area contributed by atoms with Crippen molar-refractivity contribution in [3.63, 3.8) is 0 Å². The van der Waals surface area contributed by atoms with Crippen molar-refractivity contribution in [3.05, 3.63) is 92.0 Å². The quantitative estimate of drug-likeness (QED) is 0.538. The number of hydrogen-bond donors (Lipinski definition) is 1. The van der Waals surface area contributed by atoms with Crippen LogP contribution in [0.3, 0.4) is 0 Å². The monoisotopic (exact) mass is 390 g/mol. The molecule has 0 atom stereocenters. The molecule has 4 heterocycles. The maximum Gasteiger partial charge on any atom is 0.263 e. The average Bonchev–Trinajstić information content (AvgIpc) is 2.73.